The van der Waals surface area contributed by atoms with Gasteiger partial charge in [-0.15, -0.1) is 0 Å². The number of allylic oxidation sites excluding steroid dienone is 4. The van der Waals surface area contributed by atoms with E-state index in [4.69, 9.17) is 0 Å². The summed E-state index contributed by atoms with van der Waals surface area (Å²) in [5.74, 6) is -0.591. The van der Waals surface area contributed by atoms with Gasteiger partial charge >= 0.3 is 0 Å². The summed E-state index contributed by atoms with van der Waals surface area (Å²) in [7, 11) is 0. The van der Waals surface area contributed by atoms with Crippen molar-refractivity contribution in [1.29, 1.82) is 0 Å². The van der Waals surface area contributed by atoms with Crippen molar-refractivity contribution >= 4 is 5.91 Å². The molecule has 0 aliphatic carbocycles. The average Bonchev–Trinajstić information content (AvgIpc) is 3.32. The SMILES string of the molecule is CCCCCCCCCCCCCCCCCCCCC/C=C/CC/C=C/CCCC(O)C(O)C(CO)NC(=O)C(O)CCCCCCCCCCCCCCCCCCCCCCCC. The number of hydrogen-bond acceptors (Lipinski definition) is 5. The normalized spacial score (nSPS) is 13.8. The molecule has 0 aromatic carbocycles. The van der Waals surface area contributed by atoms with Crippen LogP contribution in [0, 0.1) is 0 Å². The first-order valence-electron chi connectivity index (χ1n) is 29.7. The van der Waals surface area contributed by atoms with Crippen molar-refractivity contribution < 1.29 is 25.2 Å². The van der Waals surface area contributed by atoms with Gasteiger partial charge in [-0.3, -0.25) is 4.79 Å². The maximum Gasteiger partial charge on any atom is 0.249 e. The average molecular weight is 933 g/mol. The molecule has 392 valence electrons. The molecular formula is C60H117NO5. The Bertz CT molecular complexity index is 1000. The third kappa shape index (κ3) is 47.8. The van der Waals surface area contributed by atoms with Gasteiger partial charge in [0.2, 0.25) is 5.91 Å². The lowest BCUT2D eigenvalue weighted by Crippen LogP contribution is -2.53. The molecule has 0 saturated carbocycles. The van der Waals surface area contributed by atoms with Crippen molar-refractivity contribution in [3.63, 3.8) is 0 Å². The number of amides is 1. The molecule has 0 fully saturated rings. The fourth-order valence-electron chi connectivity index (χ4n) is 9.48. The Morgan fingerprint density at radius 3 is 0.955 bits per heavy atom. The van der Waals surface area contributed by atoms with Crippen LogP contribution in [0.4, 0.5) is 0 Å². The number of hydrogen-bond donors (Lipinski definition) is 5. The van der Waals surface area contributed by atoms with E-state index in [1.54, 1.807) is 0 Å². The van der Waals surface area contributed by atoms with Gasteiger partial charge in [0, 0.05) is 0 Å². The maximum atomic E-state index is 12.6. The van der Waals surface area contributed by atoms with E-state index in [9.17, 15) is 25.2 Å². The van der Waals surface area contributed by atoms with E-state index in [0.29, 0.717) is 19.3 Å². The molecule has 6 nitrogen and oxygen atoms in total. The first kappa shape index (κ1) is 64.8. The van der Waals surface area contributed by atoms with Crippen LogP contribution >= 0.6 is 0 Å². The summed E-state index contributed by atoms with van der Waals surface area (Å²) >= 11 is 0. The zero-order valence-corrected chi connectivity index (χ0v) is 44.5. The first-order valence-corrected chi connectivity index (χ1v) is 29.7. The topological polar surface area (TPSA) is 110 Å². The van der Waals surface area contributed by atoms with Gasteiger partial charge < -0.3 is 25.7 Å². The van der Waals surface area contributed by atoms with E-state index in [1.807, 2.05) is 0 Å². The summed E-state index contributed by atoms with van der Waals surface area (Å²) in [5, 5.41) is 44.0. The van der Waals surface area contributed by atoms with Crippen LogP contribution in [0.3, 0.4) is 0 Å². The minimum atomic E-state index is -1.29. The van der Waals surface area contributed by atoms with Crippen molar-refractivity contribution in [3.05, 3.63) is 24.3 Å². The van der Waals surface area contributed by atoms with Gasteiger partial charge in [-0.2, -0.15) is 0 Å². The number of nitrogens with one attached hydrogen (secondary N) is 1. The number of aliphatic hydroxyl groups excluding tert-OH is 4. The molecule has 4 atom stereocenters. The smallest absolute Gasteiger partial charge is 0.249 e. The lowest BCUT2D eigenvalue weighted by atomic mass is 10.00. The van der Waals surface area contributed by atoms with Gasteiger partial charge in [-0.25, -0.2) is 0 Å². The molecule has 0 aromatic heterocycles. The van der Waals surface area contributed by atoms with E-state index in [2.05, 4.69) is 43.5 Å². The molecule has 0 radical (unpaired) electrons. The van der Waals surface area contributed by atoms with E-state index in [-0.39, 0.29) is 0 Å². The Labute approximate surface area is 412 Å². The van der Waals surface area contributed by atoms with Crippen LogP contribution in [0.1, 0.15) is 322 Å². The molecule has 6 heteroatoms. The summed E-state index contributed by atoms with van der Waals surface area (Å²) in [6, 6.07) is -1.01. The number of unbranched alkanes of at least 4 members (excludes halogenated alkanes) is 42. The third-order valence-corrected chi connectivity index (χ3v) is 14.1. The van der Waals surface area contributed by atoms with Crippen LogP contribution in [0.2, 0.25) is 0 Å². The van der Waals surface area contributed by atoms with Crippen LogP contribution in [0.25, 0.3) is 0 Å². The van der Waals surface area contributed by atoms with Gasteiger partial charge in [0.1, 0.15) is 12.2 Å². The van der Waals surface area contributed by atoms with Gasteiger partial charge in [-0.1, -0.05) is 295 Å². The summed E-state index contributed by atoms with van der Waals surface area (Å²) in [6.45, 7) is 4.08. The van der Waals surface area contributed by atoms with Crippen LogP contribution in [-0.2, 0) is 4.79 Å². The highest BCUT2D eigenvalue weighted by atomic mass is 16.3. The van der Waals surface area contributed by atoms with Crippen molar-refractivity contribution in [2.45, 2.75) is 346 Å². The van der Waals surface area contributed by atoms with Crippen LogP contribution in [0.5, 0.6) is 0 Å². The second-order valence-electron chi connectivity index (χ2n) is 20.7. The van der Waals surface area contributed by atoms with Crippen LogP contribution < -0.4 is 5.32 Å². The Morgan fingerprint density at radius 1 is 0.364 bits per heavy atom. The molecule has 1 amide bonds. The summed E-state index contributed by atoms with van der Waals surface area (Å²) in [4.78, 5) is 12.6. The quantitative estimate of drug-likeness (QED) is 0.0308. The Kier molecular flexibility index (Phi) is 53.7. The minimum absolute atomic E-state index is 0.365. The summed E-state index contributed by atoms with van der Waals surface area (Å²) in [5.41, 5.74) is 0. The molecular weight excluding hydrogens is 815 g/mol. The van der Waals surface area contributed by atoms with Crippen molar-refractivity contribution in [1.82, 2.24) is 5.32 Å². The van der Waals surface area contributed by atoms with Gasteiger partial charge in [0.15, 0.2) is 0 Å². The van der Waals surface area contributed by atoms with E-state index in [1.165, 1.54) is 250 Å². The molecule has 0 spiro atoms. The van der Waals surface area contributed by atoms with E-state index >= 15 is 0 Å². The second-order valence-corrected chi connectivity index (χ2v) is 20.7. The molecule has 0 aromatic rings. The molecule has 0 heterocycles. The molecule has 0 saturated heterocycles. The highest BCUT2D eigenvalue weighted by Crippen LogP contribution is 2.18. The molecule has 0 bridgehead atoms. The summed E-state index contributed by atoms with van der Waals surface area (Å²) in [6.07, 6.45) is 66.9. The van der Waals surface area contributed by atoms with E-state index in [0.717, 1.165) is 38.5 Å². The maximum absolute atomic E-state index is 12.6. The van der Waals surface area contributed by atoms with Gasteiger partial charge in [0.05, 0.1) is 18.8 Å². The van der Waals surface area contributed by atoms with Crippen LogP contribution in [0.15, 0.2) is 24.3 Å². The third-order valence-electron chi connectivity index (χ3n) is 14.1. The predicted octanol–water partition coefficient (Wildman–Crippen LogP) is 17.4. The molecule has 4 unspecified atom stereocenters. The number of aliphatic hydroxyl groups is 4. The Morgan fingerprint density at radius 2 is 0.636 bits per heavy atom. The highest BCUT2D eigenvalue weighted by Gasteiger charge is 2.28. The lowest BCUT2D eigenvalue weighted by molar-refractivity contribution is -0.132. The Balaban J connectivity index is 3.64. The number of carbonyl (C=O) groups is 1. The molecule has 5 N–H and O–H groups in total. The number of rotatable bonds is 55. The summed E-state index contributed by atoms with van der Waals surface area (Å²) < 4.78 is 0. The fraction of sp³-hybridized carbons (Fsp3) is 0.917. The Hall–Kier alpha value is -1.21. The zero-order chi connectivity index (χ0) is 48.1. The van der Waals surface area contributed by atoms with Gasteiger partial charge in [0.25, 0.3) is 0 Å². The highest BCUT2D eigenvalue weighted by molar-refractivity contribution is 5.80. The predicted molar refractivity (Wildman–Crippen MR) is 288 cm³/mol. The minimum Gasteiger partial charge on any atom is -0.394 e. The van der Waals surface area contributed by atoms with E-state index < -0.39 is 36.9 Å². The monoisotopic (exact) mass is 932 g/mol. The largest absolute Gasteiger partial charge is 0.394 e. The van der Waals surface area contributed by atoms with Gasteiger partial charge in [-0.05, 0) is 51.4 Å². The van der Waals surface area contributed by atoms with Crippen molar-refractivity contribution in [3.8, 4) is 0 Å². The number of carbonyl (C=O) groups excluding carboxylic acids is 1. The molecule has 0 rings (SSSR count). The fourth-order valence-corrected chi connectivity index (χ4v) is 9.48. The van der Waals surface area contributed by atoms with Crippen molar-refractivity contribution in [2.75, 3.05) is 6.61 Å². The lowest BCUT2D eigenvalue weighted by Gasteiger charge is -2.27. The molecule has 0 aliphatic heterocycles. The zero-order valence-electron chi connectivity index (χ0n) is 44.5. The molecule has 0 aliphatic rings. The standard InChI is InChI=1S/C60H117NO5/c1-3-5-7-9-11-13-15-17-19-21-23-25-27-28-29-30-31-32-34-35-37-39-41-43-45-47-49-51-53-57(63)59(65)56(55-62)61-60(66)58(64)54-52-50-48-46-44-42-40-38-36-33-26-24-22-20-18-16-14-12-10-8-6-4-2/h37,39,45,47,56-59,62-65H,3-36,38,40-44,46,48-55H2,1-2H3,(H,61,66)/b39-37+,47-45+. The second kappa shape index (κ2) is 54.7. The van der Waals surface area contributed by atoms with Crippen molar-refractivity contribution in [2.24, 2.45) is 0 Å². The van der Waals surface area contributed by atoms with Crippen LogP contribution in [-0.4, -0.2) is 57.3 Å². The molecule has 66 heavy (non-hydrogen) atoms. The first-order chi connectivity index (χ1) is 32.5.